The third kappa shape index (κ3) is 4.77. The smallest absolute Gasteiger partial charge is 0.246 e. The Balaban J connectivity index is 2.51. The van der Waals surface area contributed by atoms with E-state index >= 15 is 0 Å². The van der Waals surface area contributed by atoms with Crippen LogP contribution in [0.15, 0.2) is 35.2 Å². The zero-order valence-corrected chi connectivity index (χ0v) is 16.8. The third-order valence-corrected chi connectivity index (χ3v) is 5.83. The Labute approximate surface area is 162 Å². The normalized spacial score (nSPS) is 11.9. The Morgan fingerprint density at radius 1 is 0.964 bits per heavy atom. The van der Waals surface area contributed by atoms with Gasteiger partial charge in [-0.3, -0.25) is 0 Å². The van der Waals surface area contributed by atoms with Gasteiger partial charge in [0.05, 0.1) is 14.2 Å². The Bertz CT molecular complexity index is 948. The van der Waals surface area contributed by atoms with Crippen LogP contribution in [0.25, 0.3) is 0 Å². The van der Waals surface area contributed by atoms with Crippen molar-refractivity contribution in [1.82, 2.24) is 4.31 Å². The molecule has 0 unspecified atom stereocenters. The van der Waals surface area contributed by atoms with Crippen molar-refractivity contribution in [3.8, 4) is 11.5 Å². The molecule has 0 aliphatic heterocycles. The van der Waals surface area contributed by atoms with E-state index in [4.69, 9.17) is 9.47 Å². The van der Waals surface area contributed by atoms with Crippen LogP contribution in [-0.4, -0.2) is 33.5 Å². The van der Waals surface area contributed by atoms with Gasteiger partial charge in [-0.2, -0.15) is 4.31 Å². The van der Waals surface area contributed by atoms with Crippen molar-refractivity contribution in [1.29, 1.82) is 0 Å². The number of rotatable bonds is 8. The Kier molecular flexibility index (Phi) is 6.95. The van der Waals surface area contributed by atoms with Crippen LogP contribution in [0.2, 0.25) is 0 Å². The summed E-state index contributed by atoms with van der Waals surface area (Å²) in [4.78, 5) is -0.917. The van der Waals surface area contributed by atoms with E-state index in [1.165, 1.54) is 14.2 Å². The molecule has 0 N–H and O–H groups in total. The minimum absolute atomic E-state index is 0.0377. The minimum Gasteiger partial charge on any atom is -0.497 e. The number of hydrogen-bond acceptors (Lipinski definition) is 4. The van der Waals surface area contributed by atoms with E-state index in [0.29, 0.717) is 23.1 Å². The maximum atomic E-state index is 14.2. The first-order valence-electron chi connectivity index (χ1n) is 8.45. The summed E-state index contributed by atoms with van der Waals surface area (Å²) >= 11 is 0. The monoisotopic (exact) mass is 417 g/mol. The molecule has 0 radical (unpaired) electrons. The molecule has 0 heterocycles. The fourth-order valence-electron chi connectivity index (χ4n) is 2.67. The molecule has 2 rings (SSSR count). The number of hydrogen-bond donors (Lipinski definition) is 0. The van der Waals surface area contributed by atoms with Gasteiger partial charge in [-0.25, -0.2) is 21.6 Å². The van der Waals surface area contributed by atoms with E-state index in [1.54, 1.807) is 32.0 Å². The highest BCUT2D eigenvalue weighted by Gasteiger charge is 2.30. The Morgan fingerprint density at radius 3 is 2.18 bits per heavy atom. The molecule has 0 aromatic heterocycles. The lowest BCUT2D eigenvalue weighted by Gasteiger charge is -2.25. The zero-order chi connectivity index (χ0) is 21.1. The van der Waals surface area contributed by atoms with Crippen LogP contribution in [0.5, 0.6) is 11.5 Å². The summed E-state index contributed by atoms with van der Waals surface area (Å²) in [5, 5.41) is 0. The number of methoxy groups -OCH3 is 2. The molecule has 154 valence electrons. The number of halogens is 3. The van der Waals surface area contributed by atoms with Crippen molar-refractivity contribution in [2.75, 3.05) is 20.8 Å². The molecule has 0 saturated heterocycles. The lowest BCUT2D eigenvalue weighted by atomic mass is 10.1. The van der Waals surface area contributed by atoms with Gasteiger partial charge in [0.25, 0.3) is 0 Å². The van der Waals surface area contributed by atoms with Crippen LogP contribution in [0, 0.1) is 23.4 Å². The zero-order valence-electron chi connectivity index (χ0n) is 16.0. The highest BCUT2D eigenvalue weighted by atomic mass is 32.2. The van der Waals surface area contributed by atoms with E-state index in [9.17, 15) is 21.6 Å². The molecule has 0 amide bonds. The first-order valence-corrected chi connectivity index (χ1v) is 9.89. The molecular weight excluding hydrogens is 395 g/mol. The molecule has 5 nitrogen and oxygen atoms in total. The SMILES string of the molecule is COc1ccc(CN(CC(C)C)S(=O)(=O)c2cc(F)c(F)cc2F)c(OC)c1. The van der Waals surface area contributed by atoms with Crippen molar-refractivity contribution in [3.05, 3.63) is 53.3 Å². The third-order valence-electron chi connectivity index (χ3n) is 4.00. The van der Waals surface area contributed by atoms with Gasteiger partial charge >= 0.3 is 0 Å². The second-order valence-corrected chi connectivity index (χ2v) is 8.47. The van der Waals surface area contributed by atoms with Crippen molar-refractivity contribution in [3.63, 3.8) is 0 Å². The van der Waals surface area contributed by atoms with E-state index in [0.717, 1.165) is 4.31 Å². The lowest BCUT2D eigenvalue weighted by Crippen LogP contribution is -2.34. The van der Waals surface area contributed by atoms with Crippen LogP contribution in [0.1, 0.15) is 19.4 Å². The molecular formula is C19H22F3NO4S. The maximum absolute atomic E-state index is 14.2. The molecule has 2 aromatic rings. The largest absolute Gasteiger partial charge is 0.497 e. The van der Waals surface area contributed by atoms with Crippen molar-refractivity contribution >= 4 is 10.0 Å². The van der Waals surface area contributed by atoms with Gasteiger partial charge in [-0.05, 0) is 18.1 Å². The van der Waals surface area contributed by atoms with Crippen molar-refractivity contribution in [2.24, 2.45) is 5.92 Å². The standard InChI is InChI=1S/C19H22F3NO4S/c1-12(2)10-23(11-13-5-6-14(26-3)7-18(13)27-4)28(24,25)19-9-16(21)15(20)8-17(19)22/h5-9,12H,10-11H2,1-4H3. The molecule has 0 bridgehead atoms. The van der Waals surface area contributed by atoms with Gasteiger partial charge in [-0.1, -0.05) is 19.9 Å². The fraction of sp³-hybridized carbons (Fsp3) is 0.368. The maximum Gasteiger partial charge on any atom is 0.246 e. The minimum atomic E-state index is -4.44. The van der Waals surface area contributed by atoms with Gasteiger partial charge < -0.3 is 9.47 Å². The fourth-order valence-corrected chi connectivity index (χ4v) is 4.31. The van der Waals surface area contributed by atoms with Crippen LogP contribution >= 0.6 is 0 Å². The topological polar surface area (TPSA) is 55.8 Å². The molecule has 0 aliphatic rings. The summed E-state index contributed by atoms with van der Waals surface area (Å²) in [6, 6.07) is 5.44. The summed E-state index contributed by atoms with van der Waals surface area (Å²) in [5.41, 5.74) is 0.510. The van der Waals surface area contributed by atoms with Crippen LogP contribution in [0.3, 0.4) is 0 Å². The van der Waals surface area contributed by atoms with Gasteiger partial charge in [0.15, 0.2) is 11.6 Å². The highest BCUT2D eigenvalue weighted by molar-refractivity contribution is 7.89. The number of ether oxygens (including phenoxy) is 2. The van der Waals surface area contributed by atoms with Crippen LogP contribution < -0.4 is 9.47 Å². The quantitative estimate of drug-likeness (QED) is 0.610. The number of sulfonamides is 1. The van der Waals surface area contributed by atoms with E-state index in [-0.39, 0.29) is 25.1 Å². The van der Waals surface area contributed by atoms with Crippen LogP contribution in [0.4, 0.5) is 13.2 Å². The lowest BCUT2D eigenvalue weighted by molar-refractivity contribution is 0.346. The highest BCUT2D eigenvalue weighted by Crippen LogP contribution is 2.29. The summed E-state index contributed by atoms with van der Waals surface area (Å²) < 4.78 is 78.4. The first-order chi connectivity index (χ1) is 13.1. The molecule has 0 atom stereocenters. The van der Waals surface area contributed by atoms with E-state index in [2.05, 4.69) is 0 Å². The molecule has 0 spiro atoms. The average Bonchev–Trinajstić information content (AvgIpc) is 2.63. The van der Waals surface area contributed by atoms with Gasteiger partial charge in [-0.15, -0.1) is 0 Å². The van der Waals surface area contributed by atoms with E-state index in [1.807, 2.05) is 0 Å². The molecule has 28 heavy (non-hydrogen) atoms. The molecule has 9 heteroatoms. The first kappa shape index (κ1) is 22.0. The van der Waals surface area contributed by atoms with Gasteiger partial charge in [0.1, 0.15) is 22.2 Å². The second-order valence-electron chi connectivity index (χ2n) is 6.57. The summed E-state index contributed by atoms with van der Waals surface area (Å²) in [7, 11) is -1.53. The summed E-state index contributed by atoms with van der Waals surface area (Å²) in [6.07, 6.45) is 0. The summed E-state index contributed by atoms with van der Waals surface area (Å²) in [6.45, 7) is 3.47. The van der Waals surface area contributed by atoms with Gasteiger partial charge in [0.2, 0.25) is 10.0 Å². The molecule has 2 aromatic carbocycles. The predicted molar refractivity (Wildman–Crippen MR) is 98.3 cm³/mol. The Hall–Kier alpha value is -2.26. The van der Waals surface area contributed by atoms with E-state index < -0.39 is 32.4 Å². The average molecular weight is 417 g/mol. The van der Waals surface area contributed by atoms with Crippen molar-refractivity contribution in [2.45, 2.75) is 25.3 Å². The molecule has 0 aliphatic carbocycles. The molecule has 0 saturated carbocycles. The predicted octanol–water partition coefficient (Wildman–Crippen LogP) is 3.97. The van der Waals surface area contributed by atoms with Gasteiger partial charge in [0, 0.05) is 30.8 Å². The van der Waals surface area contributed by atoms with Crippen LogP contribution in [-0.2, 0) is 16.6 Å². The van der Waals surface area contributed by atoms with Crippen molar-refractivity contribution < 1.29 is 31.1 Å². The summed E-state index contributed by atoms with van der Waals surface area (Å²) in [5.74, 6) is -3.45. The second kappa shape index (κ2) is 8.83. The Morgan fingerprint density at radius 2 is 1.61 bits per heavy atom. The number of nitrogens with zero attached hydrogens (tertiary/aromatic N) is 1. The number of benzene rings is 2. The molecule has 0 fully saturated rings.